The Bertz CT molecular complexity index is 499. The van der Waals surface area contributed by atoms with Gasteiger partial charge in [0.25, 0.3) is 5.69 Å². The number of nitrogens with zero attached hydrogens (tertiary/aromatic N) is 2. The van der Waals surface area contributed by atoms with Crippen LogP contribution in [0, 0.1) is 15.5 Å². The van der Waals surface area contributed by atoms with Gasteiger partial charge >= 0.3 is 0 Å². The number of nitro groups is 1. The first-order valence-corrected chi connectivity index (χ1v) is 6.66. The summed E-state index contributed by atoms with van der Waals surface area (Å²) in [4.78, 5) is 12.5. The highest BCUT2D eigenvalue weighted by Crippen LogP contribution is 2.31. The first kappa shape index (κ1) is 17.2. The summed E-state index contributed by atoms with van der Waals surface area (Å²) >= 11 is 5.91. The van der Waals surface area contributed by atoms with Gasteiger partial charge in [0.1, 0.15) is 5.02 Å². The van der Waals surface area contributed by atoms with Crippen LogP contribution in [-0.2, 0) is 6.54 Å². The fraction of sp³-hybridized carbons (Fsp3) is 0.538. The first-order valence-electron chi connectivity index (χ1n) is 6.29. The van der Waals surface area contributed by atoms with E-state index in [1.165, 1.54) is 6.07 Å². The molecule has 0 saturated carbocycles. The first-order chi connectivity index (χ1) is 8.93. The van der Waals surface area contributed by atoms with Crippen molar-refractivity contribution < 1.29 is 4.92 Å². The Balaban J connectivity index is 0.00000200. The summed E-state index contributed by atoms with van der Waals surface area (Å²) in [7, 11) is 0. The smallest absolute Gasteiger partial charge is 0.287 e. The number of nitro benzene ring substituents is 1. The summed E-state index contributed by atoms with van der Waals surface area (Å²) in [5, 5.41) is 10.9. The van der Waals surface area contributed by atoms with Crippen molar-refractivity contribution in [1.29, 1.82) is 0 Å². The molecule has 7 heteroatoms. The second-order valence-corrected chi connectivity index (χ2v) is 5.93. The molecule has 1 aliphatic rings. The van der Waals surface area contributed by atoms with Crippen molar-refractivity contribution in [3.63, 3.8) is 0 Å². The van der Waals surface area contributed by atoms with Crippen molar-refractivity contribution in [2.45, 2.75) is 19.9 Å². The fourth-order valence-electron chi connectivity index (χ4n) is 2.48. The topological polar surface area (TPSA) is 72.4 Å². The summed E-state index contributed by atoms with van der Waals surface area (Å²) in [5.74, 6) is 0. The van der Waals surface area contributed by atoms with Crippen LogP contribution in [0.4, 0.5) is 5.69 Å². The third-order valence-corrected chi connectivity index (χ3v) is 4.05. The van der Waals surface area contributed by atoms with Gasteiger partial charge < -0.3 is 5.73 Å². The third-order valence-electron chi connectivity index (χ3n) is 3.74. The van der Waals surface area contributed by atoms with Crippen LogP contribution in [0.1, 0.15) is 18.9 Å². The van der Waals surface area contributed by atoms with Gasteiger partial charge in [0.2, 0.25) is 0 Å². The Morgan fingerprint density at radius 3 is 2.75 bits per heavy atom. The zero-order chi connectivity index (χ0) is 14.0. The van der Waals surface area contributed by atoms with E-state index in [0.29, 0.717) is 6.54 Å². The monoisotopic (exact) mass is 319 g/mol. The highest BCUT2D eigenvalue weighted by atomic mass is 35.5. The zero-order valence-corrected chi connectivity index (χ0v) is 12.9. The molecule has 1 atom stereocenters. The summed E-state index contributed by atoms with van der Waals surface area (Å²) < 4.78 is 0. The van der Waals surface area contributed by atoms with Gasteiger partial charge in [0.15, 0.2) is 0 Å². The Morgan fingerprint density at radius 2 is 2.25 bits per heavy atom. The predicted molar refractivity (Wildman–Crippen MR) is 82.4 cm³/mol. The molecular formula is C13H19Cl2N3O2. The van der Waals surface area contributed by atoms with E-state index >= 15 is 0 Å². The Morgan fingerprint density at radius 1 is 1.55 bits per heavy atom. The maximum absolute atomic E-state index is 10.7. The second-order valence-electron chi connectivity index (χ2n) is 5.52. The van der Waals surface area contributed by atoms with Gasteiger partial charge in [-0.3, -0.25) is 15.0 Å². The van der Waals surface area contributed by atoms with E-state index in [1.54, 1.807) is 12.1 Å². The lowest BCUT2D eigenvalue weighted by Gasteiger charge is -2.22. The summed E-state index contributed by atoms with van der Waals surface area (Å²) in [6, 6.07) is 4.91. The lowest BCUT2D eigenvalue weighted by atomic mass is 9.90. The lowest BCUT2D eigenvalue weighted by molar-refractivity contribution is -0.384. The maximum atomic E-state index is 10.7. The van der Waals surface area contributed by atoms with E-state index in [4.69, 9.17) is 17.3 Å². The maximum Gasteiger partial charge on any atom is 0.287 e. The molecule has 0 radical (unpaired) electrons. The Labute approximate surface area is 129 Å². The lowest BCUT2D eigenvalue weighted by Crippen LogP contribution is -2.31. The van der Waals surface area contributed by atoms with E-state index in [1.807, 2.05) is 0 Å². The zero-order valence-electron chi connectivity index (χ0n) is 11.3. The minimum Gasteiger partial charge on any atom is -0.330 e. The van der Waals surface area contributed by atoms with Crippen LogP contribution in [0.15, 0.2) is 18.2 Å². The van der Waals surface area contributed by atoms with Crippen LogP contribution in [0.2, 0.25) is 5.02 Å². The highest BCUT2D eigenvalue weighted by Gasteiger charge is 2.32. The number of halogens is 2. The van der Waals surface area contributed by atoms with Crippen molar-refractivity contribution in [2.75, 3.05) is 19.6 Å². The molecule has 1 saturated heterocycles. The normalized spacial score (nSPS) is 22.6. The van der Waals surface area contributed by atoms with Crippen molar-refractivity contribution in [3.05, 3.63) is 38.9 Å². The van der Waals surface area contributed by atoms with Crippen molar-refractivity contribution >= 4 is 29.7 Å². The average molecular weight is 320 g/mol. The van der Waals surface area contributed by atoms with E-state index in [0.717, 1.165) is 31.6 Å². The van der Waals surface area contributed by atoms with Gasteiger partial charge in [0.05, 0.1) is 4.92 Å². The van der Waals surface area contributed by atoms with E-state index < -0.39 is 4.92 Å². The van der Waals surface area contributed by atoms with Crippen LogP contribution in [0.25, 0.3) is 0 Å². The molecule has 0 aromatic heterocycles. The Hall–Kier alpha value is -0.880. The molecule has 2 rings (SSSR count). The van der Waals surface area contributed by atoms with Gasteiger partial charge in [-0.05, 0) is 36.6 Å². The van der Waals surface area contributed by atoms with E-state index in [9.17, 15) is 10.1 Å². The minimum absolute atomic E-state index is 0. The van der Waals surface area contributed by atoms with Gasteiger partial charge in [-0.2, -0.15) is 0 Å². The number of hydrogen-bond acceptors (Lipinski definition) is 4. The van der Waals surface area contributed by atoms with Gasteiger partial charge in [-0.25, -0.2) is 0 Å². The minimum atomic E-state index is -0.465. The van der Waals surface area contributed by atoms with Crippen molar-refractivity contribution in [1.82, 2.24) is 4.90 Å². The van der Waals surface area contributed by atoms with E-state index in [-0.39, 0.29) is 28.5 Å². The third kappa shape index (κ3) is 3.82. The molecular weight excluding hydrogens is 301 g/mol. The van der Waals surface area contributed by atoms with Gasteiger partial charge in [-0.1, -0.05) is 24.6 Å². The SMILES string of the molecule is CC1(CN)CCN(Cc2ccc([N+](=O)[O-])c(Cl)c2)C1.Cl. The molecule has 0 bridgehead atoms. The molecule has 0 aliphatic carbocycles. The molecule has 2 N–H and O–H groups in total. The molecule has 1 unspecified atom stereocenters. The van der Waals surface area contributed by atoms with Gasteiger partial charge in [0, 0.05) is 19.2 Å². The summed E-state index contributed by atoms with van der Waals surface area (Å²) in [6.45, 7) is 5.59. The number of rotatable bonds is 4. The van der Waals surface area contributed by atoms with Gasteiger partial charge in [-0.15, -0.1) is 12.4 Å². The molecule has 0 spiro atoms. The fourth-order valence-corrected chi connectivity index (χ4v) is 2.75. The van der Waals surface area contributed by atoms with Crippen LogP contribution in [-0.4, -0.2) is 29.5 Å². The number of nitrogens with two attached hydrogens (primary N) is 1. The number of hydrogen-bond donors (Lipinski definition) is 1. The molecule has 112 valence electrons. The summed E-state index contributed by atoms with van der Waals surface area (Å²) in [5.41, 5.74) is 6.92. The van der Waals surface area contributed by atoms with Crippen molar-refractivity contribution in [2.24, 2.45) is 11.1 Å². The standard InChI is InChI=1S/C13H18ClN3O2.ClH/c1-13(8-15)4-5-16(9-13)7-10-2-3-12(17(18)19)11(14)6-10;/h2-3,6H,4-5,7-9,15H2,1H3;1H. The molecule has 1 heterocycles. The quantitative estimate of drug-likeness (QED) is 0.684. The van der Waals surface area contributed by atoms with Crippen LogP contribution in [0.5, 0.6) is 0 Å². The predicted octanol–water partition coefficient (Wildman–Crippen LogP) is 2.84. The molecule has 5 nitrogen and oxygen atoms in total. The molecule has 1 aromatic rings. The summed E-state index contributed by atoms with van der Waals surface area (Å²) in [6.07, 6.45) is 1.09. The molecule has 1 aliphatic heterocycles. The highest BCUT2D eigenvalue weighted by molar-refractivity contribution is 6.32. The van der Waals surface area contributed by atoms with Crippen LogP contribution in [0.3, 0.4) is 0 Å². The van der Waals surface area contributed by atoms with Crippen LogP contribution >= 0.6 is 24.0 Å². The molecule has 0 amide bonds. The van der Waals surface area contributed by atoms with E-state index in [2.05, 4.69) is 11.8 Å². The van der Waals surface area contributed by atoms with Crippen molar-refractivity contribution in [3.8, 4) is 0 Å². The molecule has 1 fully saturated rings. The molecule has 1 aromatic carbocycles. The Kier molecular flexibility index (Phi) is 5.77. The largest absolute Gasteiger partial charge is 0.330 e. The second kappa shape index (κ2) is 6.72. The number of likely N-dealkylation sites (tertiary alicyclic amines) is 1. The average Bonchev–Trinajstić information content (AvgIpc) is 2.71. The van der Waals surface area contributed by atoms with Crippen LogP contribution < -0.4 is 5.73 Å². The number of benzene rings is 1. The molecule has 20 heavy (non-hydrogen) atoms.